The molecule has 0 saturated heterocycles. The summed E-state index contributed by atoms with van der Waals surface area (Å²) in [6, 6.07) is 66.7. The number of hydrogen-bond acceptors (Lipinski definition) is 6. The molecule has 0 amide bonds. The van der Waals surface area contributed by atoms with E-state index < -0.39 is 5.41 Å². The molecule has 0 atom stereocenters. The fraction of sp³-hybridized carbons (Fsp3) is 0.0179. The number of rotatable bonds is 7. The van der Waals surface area contributed by atoms with E-state index in [-0.39, 0.29) is 0 Å². The van der Waals surface area contributed by atoms with Crippen LogP contribution in [0.4, 0.5) is 0 Å². The van der Waals surface area contributed by atoms with Crippen LogP contribution < -0.4 is 0 Å². The number of thiophene rings is 1. The fourth-order valence-electron chi connectivity index (χ4n) is 9.48. The van der Waals surface area contributed by atoms with Crippen molar-refractivity contribution in [3.63, 3.8) is 0 Å². The smallest absolute Gasteiger partial charge is 0.164 e. The van der Waals surface area contributed by atoms with Crippen molar-refractivity contribution in [1.82, 2.24) is 24.9 Å². The van der Waals surface area contributed by atoms with Gasteiger partial charge in [-0.1, -0.05) is 158 Å². The number of nitrogens with zero attached hydrogens (tertiary/aromatic N) is 5. The second kappa shape index (κ2) is 14.7. The lowest BCUT2D eigenvalue weighted by Crippen LogP contribution is -2.28. The summed E-state index contributed by atoms with van der Waals surface area (Å²) in [7, 11) is 0. The molecule has 6 heteroatoms. The number of benzene rings is 7. The normalized spacial score (nSPS) is 12.6. The van der Waals surface area contributed by atoms with Crippen LogP contribution in [0.3, 0.4) is 0 Å². The van der Waals surface area contributed by atoms with Crippen molar-refractivity contribution in [3.05, 3.63) is 235 Å². The van der Waals surface area contributed by atoms with Gasteiger partial charge in [0.15, 0.2) is 17.5 Å². The van der Waals surface area contributed by atoms with Crippen molar-refractivity contribution < 1.29 is 0 Å². The Morgan fingerprint density at radius 2 is 0.839 bits per heavy atom. The summed E-state index contributed by atoms with van der Waals surface area (Å²) in [5.74, 6) is 1.84. The van der Waals surface area contributed by atoms with Crippen LogP contribution in [-0.4, -0.2) is 24.9 Å². The third-order valence-electron chi connectivity index (χ3n) is 12.3. The molecule has 5 nitrogen and oxygen atoms in total. The Morgan fingerprint density at radius 3 is 1.55 bits per heavy atom. The Hall–Kier alpha value is -7.93. The Bertz CT molecular complexity index is 3400. The zero-order valence-corrected chi connectivity index (χ0v) is 34.2. The molecule has 0 spiro atoms. The highest BCUT2D eigenvalue weighted by Crippen LogP contribution is 2.58. The van der Waals surface area contributed by atoms with Crippen LogP contribution in [0.25, 0.3) is 87.7 Å². The molecule has 11 aromatic rings. The van der Waals surface area contributed by atoms with Gasteiger partial charge in [-0.25, -0.2) is 15.0 Å². The highest BCUT2D eigenvalue weighted by molar-refractivity contribution is 7.26. The molecule has 12 rings (SSSR count). The lowest BCUT2D eigenvalue weighted by Gasteiger charge is -2.33. The molecule has 4 aromatic heterocycles. The van der Waals surface area contributed by atoms with Gasteiger partial charge >= 0.3 is 0 Å². The maximum Gasteiger partial charge on any atom is 0.164 e. The molecule has 1 aliphatic carbocycles. The summed E-state index contributed by atoms with van der Waals surface area (Å²) in [4.78, 5) is 24.7. The van der Waals surface area contributed by atoms with E-state index in [4.69, 9.17) is 15.0 Å². The van der Waals surface area contributed by atoms with Crippen molar-refractivity contribution >= 4 is 31.5 Å². The van der Waals surface area contributed by atoms with Crippen molar-refractivity contribution in [3.8, 4) is 67.5 Å². The van der Waals surface area contributed by atoms with Crippen LogP contribution in [0.2, 0.25) is 0 Å². The van der Waals surface area contributed by atoms with Gasteiger partial charge in [0.1, 0.15) is 0 Å². The van der Waals surface area contributed by atoms with E-state index in [1.54, 1.807) is 0 Å². The topological polar surface area (TPSA) is 64.5 Å². The molecule has 0 unspecified atom stereocenters. The standard InChI is InChI=1S/C56H35N5S/c1-2-10-36(11-3-1)37-20-24-39(25-21-37)53-59-54(40-26-22-38(23-27-40)43-14-8-15-45-44-12-5-7-19-50(44)62-52(43)45)61-55(60-53)47-16-9-18-49-51(47)46-13-4-6-17-48(46)56(49,41-28-32-57-33-29-41)42-30-34-58-35-31-42/h1-35H. The molecule has 290 valence electrons. The number of hydrogen-bond donors (Lipinski definition) is 0. The summed E-state index contributed by atoms with van der Waals surface area (Å²) in [5.41, 5.74) is 13.7. The van der Waals surface area contributed by atoms with Crippen molar-refractivity contribution in [1.29, 1.82) is 0 Å². The lowest BCUT2D eigenvalue weighted by atomic mass is 9.68. The van der Waals surface area contributed by atoms with Crippen molar-refractivity contribution in [2.45, 2.75) is 5.41 Å². The number of fused-ring (bicyclic) bond motifs is 6. The van der Waals surface area contributed by atoms with E-state index in [1.807, 2.05) is 42.2 Å². The Kier molecular flexibility index (Phi) is 8.50. The van der Waals surface area contributed by atoms with Crippen LogP contribution in [0.5, 0.6) is 0 Å². The molecule has 62 heavy (non-hydrogen) atoms. The Morgan fingerprint density at radius 1 is 0.339 bits per heavy atom. The predicted octanol–water partition coefficient (Wildman–Crippen LogP) is 13.7. The van der Waals surface area contributed by atoms with E-state index >= 15 is 0 Å². The lowest BCUT2D eigenvalue weighted by molar-refractivity contribution is 0.764. The van der Waals surface area contributed by atoms with Gasteiger partial charge in [-0.2, -0.15) is 0 Å². The third kappa shape index (κ3) is 5.72. The SMILES string of the molecule is c1ccc(-c2ccc(-c3nc(-c4ccc(-c5cccc6c5sc5ccccc56)cc4)nc(-c4cccc5c4-c4ccccc4C5(c4ccncc4)c4ccncc4)n3)cc2)cc1. The van der Waals surface area contributed by atoms with Crippen molar-refractivity contribution in [2.75, 3.05) is 0 Å². The van der Waals surface area contributed by atoms with Gasteiger partial charge in [0.2, 0.25) is 0 Å². The molecule has 0 bridgehead atoms. The summed E-state index contributed by atoms with van der Waals surface area (Å²) in [6.07, 6.45) is 7.52. The second-order valence-electron chi connectivity index (χ2n) is 15.6. The molecule has 0 radical (unpaired) electrons. The average molecular weight is 810 g/mol. The molecule has 0 N–H and O–H groups in total. The zero-order valence-electron chi connectivity index (χ0n) is 33.4. The fourth-order valence-corrected chi connectivity index (χ4v) is 10.7. The van der Waals surface area contributed by atoms with E-state index in [9.17, 15) is 0 Å². The van der Waals surface area contributed by atoms with Crippen LogP contribution >= 0.6 is 11.3 Å². The predicted molar refractivity (Wildman–Crippen MR) is 253 cm³/mol. The minimum Gasteiger partial charge on any atom is -0.265 e. The molecule has 0 aliphatic heterocycles. The molecular weight excluding hydrogens is 775 g/mol. The first-order valence-electron chi connectivity index (χ1n) is 20.7. The first kappa shape index (κ1) is 36.0. The minimum atomic E-state index is -0.618. The van der Waals surface area contributed by atoms with E-state index in [1.165, 1.54) is 31.3 Å². The van der Waals surface area contributed by atoms with E-state index in [2.05, 4.69) is 192 Å². The van der Waals surface area contributed by atoms with Crippen LogP contribution in [0.15, 0.2) is 213 Å². The first-order valence-corrected chi connectivity index (χ1v) is 21.5. The van der Waals surface area contributed by atoms with Gasteiger partial charge in [0.05, 0.1) is 5.41 Å². The Labute approximate surface area is 362 Å². The first-order chi connectivity index (χ1) is 30.7. The Balaban J connectivity index is 1.05. The number of aromatic nitrogens is 5. The highest BCUT2D eigenvalue weighted by Gasteiger charge is 2.47. The van der Waals surface area contributed by atoms with E-state index in [0.717, 1.165) is 61.2 Å². The molecule has 7 aromatic carbocycles. The highest BCUT2D eigenvalue weighted by atomic mass is 32.1. The molecule has 0 fully saturated rings. The van der Waals surface area contributed by atoms with Gasteiger partial charge in [-0.05, 0) is 86.0 Å². The molecule has 4 heterocycles. The van der Waals surface area contributed by atoms with Gasteiger partial charge in [0.25, 0.3) is 0 Å². The summed E-state index contributed by atoms with van der Waals surface area (Å²) >= 11 is 1.84. The van der Waals surface area contributed by atoms with Gasteiger partial charge < -0.3 is 0 Å². The minimum absolute atomic E-state index is 0.613. The second-order valence-corrected chi connectivity index (χ2v) is 16.7. The average Bonchev–Trinajstić information content (AvgIpc) is 3.89. The van der Waals surface area contributed by atoms with Gasteiger partial charge in [0, 0.05) is 61.7 Å². The maximum absolute atomic E-state index is 5.35. The van der Waals surface area contributed by atoms with Crippen molar-refractivity contribution in [2.24, 2.45) is 0 Å². The van der Waals surface area contributed by atoms with Gasteiger partial charge in [-0.15, -0.1) is 11.3 Å². The van der Waals surface area contributed by atoms with Crippen LogP contribution in [0.1, 0.15) is 22.3 Å². The quantitative estimate of drug-likeness (QED) is 0.160. The van der Waals surface area contributed by atoms with E-state index in [0.29, 0.717) is 17.5 Å². The molecule has 0 saturated carbocycles. The van der Waals surface area contributed by atoms with Crippen LogP contribution in [0, 0.1) is 0 Å². The maximum atomic E-state index is 5.35. The van der Waals surface area contributed by atoms with Gasteiger partial charge in [-0.3, -0.25) is 9.97 Å². The zero-order chi connectivity index (χ0) is 41.0. The molecule has 1 aliphatic rings. The summed E-state index contributed by atoms with van der Waals surface area (Å²) in [5, 5.41) is 2.58. The summed E-state index contributed by atoms with van der Waals surface area (Å²) < 4.78 is 2.58. The van der Waals surface area contributed by atoms with Crippen LogP contribution in [-0.2, 0) is 5.41 Å². The monoisotopic (exact) mass is 809 g/mol. The molecular formula is C56H35N5S. The summed E-state index contributed by atoms with van der Waals surface area (Å²) in [6.45, 7) is 0. The number of pyridine rings is 2. The largest absolute Gasteiger partial charge is 0.265 e. The third-order valence-corrected chi connectivity index (χ3v) is 13.5.